The van der Waals surface area contributed by atoms with Gasteiger partial charge in [-0.25, -0.2) is 0 Å². The van der Waals surface area contributed by atoms with E-state index in [1.807, 2.05) is 0 Å². The van der Waals surface area contributed by atoms with Gasteiger partial charge >= 0.3 is 6.18 Å². The molecule has 0 amide bonds. The molecule has 0 bridgehead atoms. The van der Waals surface area contributed by atoms with Gasteiger partial charge in [-0.3, -0.25) is 10.1 Å². The summed E-state index contributed by atoms with van der Waals surface area (Å²) in [7, 11) is 0. The van der Waals surface area contributed by atoms with Gasteiger partial charge in [0.25, 0.3) is 5.69 Å². The standard InChI is InChI=1S/C8H6BrF3N2O3/c9-5-2-3(14(16)17)1-4(6(5)15)7(13)8(10,11)12/h1-2,7,15H,13H2/t7-/m1/s1. The molecule has 9 heteroatoms. The van der Waals surface area contributed by atoms with Crippen LogP contribution in [0.1, 0.15) is 11.6 Å². The number of non-ortho nitro benzene ring substituents is 1. The first-order valence-corrected chi connectivity index (χ1v) is 4.93. The normalized spacial score (nSPS) is 13.5. The number of hydrogen-bond donors (Lipinski definition) is 2. The van der Waals surface area contributed by atoms with E-state index in [-0.39, 0.29) is 4.47 Å². The molecule has 5 nitrogen and oxygen atoms in total. The van der Waals surface area contributed by atoms with Crippen LogP contribution in [0.25, 0.3) is 0 Å². The summed E-state index contributed by atoms with van der Waals surface area (Å²) in [4.78, 5) is 9.59. The molecule has 0 saturated heterocycles. The molecule has 17 heavy (non-hydrogen) atoms. The van der Waals surface area contributed by atoms with Gasteiger partial charge in [-0.05, 0) is 15.9 Å². The Bertz CT molecular complexity index is 464. The van der Waals surface area contributed by atoms with Crippen LogP contribution in [0.4, 0.5) is 18.9 Å². The molecule has 1 rings (SSSR count). The number of phenolic OH excluding ortho intramolecular Hbond substituents is 1. The van der Waals surface area contributed by atoms with E-state index in [1.165, 1.54) is 0 Å². The number of hydrogen-bond acceptors (Lipinski definition) is 4. The Morgan fingerprint density at radius 3 is 2.41 bits per heavy atom. The van der Waals surface area contributed by atoms with Crippen LogP contribution in [0.15, 0.2) is 16.6 Å². The maximum absolute atomic E-state index is 12.4. The second-order valence-electron chi connectivity index (χ2n) is 3.14. The lowest BCUT2D eigenvalue weighted by molar-refractivity contribution is -0.385. The highest BCUT2D eigenvalue weighted by Crippen LogP contribution is 2.40. The Kier molecular flexibility index (Phi) is 3.62. The number of nitrogens with two attached hydrogens (primary N) is 1. The Balaban J connectivity index is 3.37. The Morgan fingerprint density at radius 2 is 2.00 bits per heavy atom. The maximum atomic E-state index is 12.4. The molecule has 1 aromatic rings. The lowest BCUT2D eigenvalue weighted by atomic mass is 10.1. The van der Waals surface area contributed by atoms with E-state index in [9.17, 15) is 28.4 Å². The fraction of sp³-hybridized carbons (Fsp3) is 0.250. The first-order chi connectivity index (χ1) is 7.64. The smallest absolute Gasteiger partial charge is 0.407 e. The number of alkyl halides is 3. The summed E-state index contributed by atoms with van der Waals surface area (Å²) in [6.45, 7) is 0. The van der Waals surface area contributed by atoms with Crippen LogP contribution >= 0.6 is 15.9 Å². The fourth-order valence-corrected chi connectivity index (χ4v) is 1.59. The van der Waals surface area contributed by atoms with Crippen LogP contribution in [0, 0.1) is 10.1 Å². The summed E-state index contributed by atoms with van der Waals surface area (Å²) in [6, 6.07) is -1.00. The van der Waals surface area contributed by atoms with Gasteiger partial charge in [0.2, 0.25) is 0 Å². The number of halogens is 4. The van der Waals surface area contributed by atoms with Gasteiger partial charge in [0.15, 0.2) is 0 Å². The number of aromatic hydroxyl groups is 1. The highest BCUT2D eigenvalue weighted by atomic mass is 79.9. The van der Waals surface area contributed by atoms with E-state index in [4.69, 9.17) is 5.73 Å². The third-order valence-electron chi connectivity index (χ3n) is 1.98. The predicted octanol–water partition coefficient (Wildman–Crippen LogP) is 2.63. The molecule has 3 N–H and O–H groups in total. The molecule has 1 aromatic carbocycles. The molecule has 0 saturated carbocycles. The summed E-state index contributed by atoms with van der Waals surface area (Å²) in [6.07, 6.45) is -4.80. The van der Waals surface area contributed by atoms with Crippen LogP contribution in [0.2, 0.25) is 0 Å². The quantitative estimate of drug-likeness (QED) is 0.648. The van der Waals surface area contributed by atoms with Crippen LogP contribution in [-0.2, 0) is 0 Å². The van der Waals surface area contributed by atoms with Crippen molar-refractivity contribution in [2.75, 3.05) is 0 Å². The molecule has 0 unspecified atom stereocenters. The van der Waals surface area contributed by atoms with Crippen molar-refractivity contribution in [2.24, 2.45) is 5.73 Å². The van der Waals surface area contributed by atoms with Gasteiger partial charge in [-0.15, -0.1) is 0 Å². The zero-order chi connectivity index (χ0) is 13.4. The fourth-order valence-electron chi connectivity index (χ4n) is 1.12. The molecule has 0 spiro atoms. The van der Waals surface area contributed by atoms with Crippen molar-refractivity contribution in [3.63, 3.8) is 0 Å². The molecular formula is C8H6BrF3N2O3. The highest BCUT2D eigenvalue weighted by molar-refractivity contribution is 9.10. The Labute approximate surface area is 101 Å². The van der Waals surface area contributed by atoms with Crippen molar-refractivity contribution in [3.05, 3.63) is 32.3 Å². The molecule has 0 fully saturated rings. The SMILES string of the molecule is N[C@H](c1cc([N+](=O)[O-])cc(Br)c1O)C(F)(F)F. The monoisotopic (exact) mass is 314 g/mol. The Morgan fingerprint density at radius 1 is 1.47 bits per heavy atom. The van der Waals surface area contributed by atoms with Crippen molar-refractivity contribution >= 4 is 21.6 Å². The lowest BCUT2D eigenvalue weighted by Gasteiger charge is -2.17. The van der Waals surface area contributed by atoms with Crippen molar-refractivity contribution in [2.45, 2.75) is 12.2 Å². The largest absolute Gasteiger partial charge is 0.506 e. The molecule has 0 aliphatic rings. The molecule has 1 atom stereocenters. The summed E-state index contributed by atoms with van der Waals surface area (Å²) >= 11 is 2.72. The first-order valence-electron chi connectivity index (χ1n) is 4.13. The minimum absolute atomic E-state index is 0.221. The van der Waals surface area contributed by atoms with Gasteiger partial charge < -0.3 is 10.8 Å². The average molecular weight is 315 g/mol. The van der Waals surface area contributed by atoms with E-state index < -0.39 is 34.1 Å². The summed E-state index contributed by atoms with van der Waals surface area (Å²) < 4.78 is 36.9. The topological polar surface area (TPSA) is 89.4 Å². The number of benzene rings is 1. The molecule has 0 aliphatic heterocycles. The van der Waals surface area contributed by atoms with Crippen LogP contribution < -0.4 is 5.73 Å². The van der Waals surface area contributed by atoms with E-state index in [0.717, 1.165) is 6.07 Å². The van der Waals surface area contributed by atoms with E-state index in [2.05, 4.69) is 15.9 Å². The van der Waals surface area contributed by atoms with Gasteiger partial charge in [0.05, 0.1) is 9.40 Å². The van der Waals surface area contributed by atoms with Gasteiger partial charge in [0, 0.05) is 17.7 Å². The highest BCUT2D eigenvalue weighted by Gasteiger charge is 2.40. The zero-order valence-corrected chi connectivity index (χ0v) is 9.62. The minimum Gasteiger partial charge on any atom is -0.506 e. The third kappa shape index (κ3) is 2.86. The summed E-state index contributed by atoms with van der Waals surface area (Å²) in [5.74, 6) is -0.763. The van der Waals surface area contributed by atoms with E-state index >= 15 is 0 Å². The van der Waals surface area contributed by atoms with E-state index in [0.29, 0.717) is 6.07 Å². The van der Waals surface area contributed by atoms with E-state index in [1.54, 1.807) is 0 Å². The molecule has 0 radical (unpaired) electrons. The number of nitro benzene ring substituents is 1. The van der Waals surface area contributed by atoms with Crippen LogP contribution in [0.3, 0.4) is 0 Å². The second kappa shape index (κ2) is 4.49. The van der Waals surface area contributed by atoms with Gasteiger partial charge in [0.1, 0.15) is 11.8 Å². The maximum Gasteiger partial charge on any atom is 0.407 e. The summed E-state index contributed by atoms with van der Waals surface area (Å²) in [5.41, 5.74) is 3.54. The summed E-state index contributed by atoms with van der Waals surface area (Å²) in [5, 5.41) is 19.9. The van der Waals surface area contributed by atoms with Gasteiger partial charge in [-0.1, -0.05) is 0 Å². The van der Waals surface area contributed by atoms with Crippen molar-refractivity contribution in [1.29, 1.82) is 0 Å². The van der Waals surface area contributed by atoms with Crippen molar-refractivity contribution < 1.29 is 23.2 Å². The number of rotatable bonds is 2. The molecule has 0 aromatic heterocycles. The number of nitrogens with zero attached hydrogens (tertiary/aromatic N) is 1. The van der Waals surface area contributed by atoms with Crippen molar-refractivity contribution in [1.82, 2.24) is 0 Å². The molecule has 0 aliphatic carbocycles. The van der Waals surface area contributed by atoms with Gasteiger partial charge in [-0.2, -0.15) is 13.2 Å². The predicted molar refractivity (Wildman–Crippen MR) is 55.4 cm³/mol. The van der Waals surface area contributed by atoms with Crippen LogP contribution in [0.5, 0.6) is 5.75 Å². The second-order valence-corrected chi connectivity index (χ2v) is 4.00. The number of nitro groups is 1. The Hall–Kier alpha value is -1.35. The molecule has 0 heterocycles. The lowest BCUT2D eigenvalue weighted by Crippen LogP contribution is -2.28. The van der Waals surface area contributed by atoms with Crippen molar-refractivity contribution in [3.8, 4) is 5.75 Å². The minimum atomic E-state index is -4.80. The zero-order valence-electron chi connectivity index (χ0n) is 8.03. The molecular weight excluding hydrogens is 309 g/mol. The molecule has 94 valence electrons. The average Bonchev–Trinajstić information content (AvgIpc) is 2.19. The first kappa shape index (κ1) is 13.7. The number of phenols is 1. The van der Waals surface area contributed by atoms with Crippen LogP contribution in [-0.4, -0.2) is 16.2 Å². The third-order valence-corrected chi connectivity index (χ3v) is 2.58.